The Morgan fingerprint density at radius 3 is 3.12 bits per heavy atom. The molecule has 1 aromatic rings. The summed E-state index contributed by atoms with van der Waals surface area (Å²) in [7, 11) is 0. The van der Waals surface area contributed by atoms with Crippen molar-refractivity contribution in [3.8, 4) is 0 Å². The van der Waals surface area contributed by atoms with E-state index in [0.29, 0.717) is 6.54 Å². The Morgan fingerprint density at radius 2 is 2.50 bits per heavy atom. The number of amides is 1. The fourth-order valence-corrected chi connectivity index (χ4v) is 2.03. The lowest BCUT2D eigenvalue weighted by atomic mass is 9.90. The summed E-state index contributed by atoms with van der Waals surface area (Å²) in [5, 5.41) is 6.18. The van der Waals surface area contributed by atoms with Crippen LogP contribution >= 0.6 is 0 Å². The summed E-state index contributed by atoms with van der Waals surface area (Å²) >= 11 is 0. The van der Waals surface area contributed by atoms with Crippen LogP contribution in [0.4, 0.5) is 0 Å². The summed E-state index contributed by atoms with van der Waals surface area (Å²) in [6.07, 6.45) is 4.78. The highest BCUT2D eigenvalue weighted by Gasteiger charge is 2.33. The van der Waals surface area contributed by atoms with Crippen molar-refractivity contribution in [2.24, 2.45) is 0 Å². The summed E-state index contributed by atoms with van der Waals surface area (Å²) in [6.45, 7) is 3.34. The Bertz CT molecular complexity index is 340. The third-order valence-corrected chi connectivity index (χ3v) is 3.12. The van der Waals surface area contributed by atoms with E-state index in [1.54, 1.807) is 6.26 Å². The predicted molar refractivity (Wildman–Crippen MR) is 60.8 cm³/mol. The van der Waals surface area contributed by atoms with E-state index in [1.165, 1.54) is 0 Å². The number of rotatable bonds is 3. The first-order valence-electron chi connectivity index (χ1n) is 5.76. The molecule has 0 aromatic carbocycles. The average Bonchev–Trinajstić information content (AvgIpc) is 2.79. The van der Waals surface area contributed by atoms with Gasteiger partial charge in [-0.1, -0.05) is 0 Å². The lowest BCUT2D eigenvalue weighted by molar-refractivity contribution is -0.128. The summed E-state index contributed by atoms with van der Waals surface area (Å²) in [5.74, 6) is 0.844. The van der Waals surface area contributed by atoms with Crippen LogP contribution in [0.1, 0.15) is 31.9 Å². The first-order chi connectivity index (χ1) is 7.71. The summed E-state index contributed by atoms with van der Waals surface area (Å²) in [4.78, 5) is 12.0. The molecule has 4 nitrogen and oxygen atoms in total. The molecule has 1 unspecified atom stereocenters. The van der Waals surface area contributed by atoms with E-state index >= 15 is 0 Å². The van der Waals surface area contributed by atoms with Crippen LogP contribution in [-0.4, -0.2) is 18.0 Å². The fraction of sp³-hybridized carbons (Fsp3) is 0.583. The molecule has 0 aliphatic carbocycles. The molecule has 16 heavy (non-hydrogen) atoms. The Balaban J connectivity index is 1.87. The SMILES string of the molecule is CC1(C(=O)NCc2ccco2)CCCCN1. The lowest BCUT2D eigenvalue weighted by Crippen LogP contribution is -2.56. The average molecular weight is 222 g/mol. The second kappa shape index (κ2) is 4.70. The highest BCUT2D eigenvalue weighted by atomic mass is 16.3. The fourth-order valence-electron chi connectivity index (χ4n) is 2.03. The summed E-state index contributed by atoms with van der Waals surface area (Å²) < 4.78 is 5.17. The van der Waals surface area contributed by atoms with E-state index in [1.807, 2.05) is 19.1 Å². The van der Waals surface area contributed by atoms with Gasteiger partial charge < -0.3 is 15.1 Å². The van der Waals surface area contributed by atoms with Crippen molar-refractivity contribution in [2.45, 2.75) is 38.3 Å². The highest BCUT2D eigenvalue weighted by Crippen LogP contribution is 2.18. The first-order valence-corrected chi connectivity index (χ1v) is 5.76. The van der Waals surface area contributed by atoms with Gasteiger partial charge in [0.15, 0.2) is 0 Å². The normalized spacial score (nSPS) is 25.3. The van der Waals surface area contributed by atoms with E-state index in [-0.39, 0.29) is 5.91 Å². The van der Waals surface area contributed by atoms with Gasteiger partial charge >= 0.3 is 0 Å². The highest BCUT2D eigenvalue weighted by molar-refractivity contribution is 5.85. The van der Waals surface area contributed by atoms with Crippen LogP contribution in [0.3, 0.4) is 0 Å². The number of nitrogens with one attached hydrogen (secondary N) is 2. The quantitative estimate of drug-likeness (QED) is 0.813. The number of piperidine rings is 1. The number of carbonyl (C=O) groups is 1. The van der Waals surface area contributed by atoms with Crippen molar-refractivity contribution in [3.05, 3.63) is 24.2 Å². The molecule has 88 valence electrons. The molecule has 1 amide bonds. The van der Waals surface area contributed by atoms with Crippen molar-refractivity contribution >= 4 is 5.91 Å². The molecule has 0 spiro atoms. The minimum absolute atomic E-state index is 0.0589. The summed E-state index contributed by atoms with van der Waals surface area (Å²) in [6, 6.07) is 3.68. The monoisotopic (exact) mass is 222 g/mol. The van der Waals surface area contributed by atoms with E-state index < -0.39 is 5.54 Å². The number of furan rings is 1. The predicted octanol–water partition coefficient (Wildman–Crippen LogP) is 1.43. The largest absolute Gasteiger partial charge is 0.467 e. The van der Waals surface area contributed by atoms with Crippen LogP contribution in [0.5, 0.6) is 0 Å². The van der Waals surface area contributed by atoms with E-state index in [4.69, 9.17) is 4.42 Å². The molecule has 0 radical (unpaired) electrons. The van der Waals surface area contributed by atoms with E-state index in [2.05, 4.69) is 10.6 Å². The Kier molecular flexibility index (Phi) is 3.29. The lowest BCUT2D eigenvalue weighted by Gasteiger charge is -2.33. The zero-order chi connectivity index (χ0) is 11.4. The molecule has 1 aromatic heterocycles. The molecule has 1 aliphatic heterocycles. The third kappa shape index (κ3) is 2.44. The molecule has 1 aliphatic rings. The number of hydrogen-bond donors (Lipinski definition) is 2. The molecule has 1 fully saturated rings. The molecule has 1 saturated heterocycles. The first kappa shape index (κ1) is 11.2. The van der Waals surface area contributed by atoms with Gasteiger partial charge in [0.25, 0.3) is 0 Å². The van der Waals surface area contributed by atoms with Gasteiger partial charge in [0.05, 0.1) is 18.3 Å². The molecule has 4 heteroatoms. The second-order valence-electron chi connectivity index (χ2n) is 4.48. The zero-order valence-corrected chi connectivity index (χ0v) is 9.58. The van der Waals surface area contributed by atoms with Gasteiger partial charge in [-0.3, -0.25) is 4.79 Å². The molecule has 1 atom stereocenters. The third-order valence-electron chi connectivity index (χ3n) is 3.12. The molecule has 0 saturated carbocycles. The van der Waals surface area contributed by atoms with Crippen LogP contribution in [0.2, 0.25) is 0 Å². The maximum Gasteiger partial charge on any atom is 0.240 e. The number of hydrogen-bond acceptors (Lipinski definition) is 3. The number of carbonyl (C=O) groups excluding carboxylic acids is 1. The zero-order valence-electron chi connectivity index (χ0n) is 9.58. The van der Waals surface area contributed by atoms with Gasteiger partial charge in [0.1, 0.15) is 5.76 Å². The Morgan fingerprint density at radius 1 is 1.62 bits per heavy atom. The molecular weight excluding hydrogens is 204 g/mol. The Hall–Kier alpha value is -1.29. The van der Waals surface area contributed by atoms with E-state index in [9.17, 15) is 4.79 Å². The standard InChI is InChI=1S/C12H18N2O2/c1-12(6-2-3-7-14-12)11(15)13-9-10-5-4-8-16-10/h4-5,8,14H,2-3,6-7,9H2,1H3,(H,13,15). The van der Waals surface area contributed by atoms with Crippen molar-refractivity contribution < 1.29 is 9.21 Å². The van der Waals surface area contributed by atoms with Crippen LogP contribution < -0.4 is 10.6 Å². The van der Waals surface area contributed by atoms with Gasteiger partial charge in [0.2, 0.25) is 5.91 Å². The van der Waals surface area contributed by atoms with Crippen molar-refractivity contribution in [3.63, 3.8) is 0 Å². The van der Waals surface area contributed by atoms with Gasteiger partial charge in [0, 0.05) is 0 Å². The van der Waals surface area contributed by atoms with Crippen molar-refractivity contribution in [2.75, 3.05) is 6.54 Å². The molecule has 0 bridgehead atoms. The van der Waals surface area contributed by atoms with Crippen molar-refractivity contribution in [1.29, 1.82) is 0 Å². The molecule has 2 rings (SSSR count). The molecule has 2 heterocycles. The maximum atomic E-state index is 12.0. The topological polar surface area (TPSA) is 54.3 Å². The van der Waals surface area contributed by atoms with Crippen LogP contribution in [0.25, 0.3) is 0 Å². The smallest absolute Gasteiger partial charge is 0.240 e. The minimum atomic E-state index is -0.412. The van der Waals surface area contributed by atoms with Crippen LogP contribution in [-0.2, 0) is 11.3 Å². The molecular formula is C12H18N2O2. The van der Waals surface area contributed by atoms with Crippen LogP contribution in [0, 0.1) is 0 Å². The Labute approximate surface area is 95.4 Å². The molecule has 2 N–H and O–H groups in total. The van der Waals surface area contributed by atoms with Gasteiger partial charge in [-0.15, -0.1) is 0 Å². The summed E-state index contributed by atoms with van der Waals surface area (Å²) in [5.41, 5.74) is -0.412. The minimum Gasteiger partial charge on any atom is -0.467 e. The van der Waals surface area contributed by atoms with Gasteiger partial charge in [-0.05, 0) is 44.9 Å². The van der Waals surface area contributed by atoms with Gasteiger partial charge in [-0.2, -0.15) is 0 Å². The second-order valence-corrected chi connectivity index (χ2v) is 4.48. The van der Waals surface area contributed by atoms with E-state index in [0.717, 1.165) is 31.6 Å². The van der Waals surface area contributed by atoms with Gasteiger partial charge in [-0.25, -0.2) is 0 Å². The van der Waals surface area contributed by atoms with Crippen LogP contribution in [0.15, 0.2) is 22.8 Å². The van der Waals surface area contributed by atoms with Crippen molar-refractivity contribution in [1.82, 2.24) is 10.6 Å². The maximum absolute atomic E-state index is 12.0.